The third-order valence-electron chi connectivity index (χ3n) is 5.72. The molecule has 1 aromatic heterocycles. The molecule has 0 fully saturated rings. The first kappa shape index (κ1) is 16.6. The van der Waals surface area contributed by atoms with Crippen LogP contribution < -0.4 is 5.69 Å². The van der Waals surface area contributed by atoms with E-state index in [9.17, 15) is 14.9 Å². The molecule has 0 radical (unpaired) electrons. The SMILES string of the molecule is O=c1nc(-c2ccccc2)c2cc([N+](=O)[O-])ccc2n1CC1C2C=CC1C=C2. The largest absolute Gasteiger partial charge is 0.348 e. The number of rotatable bonds is 4. The molecule has 5 rings (SSSR count). The molecule has 6 nitrogen and oxygen atoms in total. The lowest BCUT2D eigenvalue weighted by Crippen LogP contribution is -2.29. The Hall–Kier alpha value is -3.54. The van der Waals surface area contributed by atoms with Crippen molar-refractivity contribution in [1.82, 2.24) is 9.55 Å². The minimum Gasteiger partial charge on any atom is -0.292 e. The van der Waals surface area contributed by atoms with Gasteiger partial charge in [0.25, 0.3) is 5.69 Å². The molecule has 0 aliphatic heterocycles. The van der Waals surface area contributed by atoms with E-state index in [-0.39, 0.29) is 11.4 Å². The summed E-state index contributed by atoms with van der Waals surface area (Å²) in [4.78, 5) is 28.2. The molecule has 0 amide bonds. The smallest absolute Gasteiger partial charge is 0.292 e. The Morgan fingerprint density at radius 3 is 2.32 bits per heavy atom. The van der Waals surface area contributed by atoms with Crippen LogP contribution in [0.1, 0.15) is 0 Å². The number of benzene rings is 2. The number of nitro benzene ring substituents is 1. The van der Waals surface area contributed by atoms with Crippen molar-refractivity contribution in [3.63, 3.8) is 0 Å². The summed E-state index contributed by atoms with van der Waals surface area (Å²) >= 11 is 0. The van der Waals surface area contributed by atoms with Crippen LogP contribution in [0.4, 0.5) is 5.69 Å². The van der Waals surface area contributed by atoms with Gasteiger partial charge in [-0.1, -0.05) is 54.6 Å². The third-order valence-corrected chi connectivity index (χ3v) is 5.72. The molecule has 3 aromatic rings. The van der Waals surface area contributed by atoms with Crippen molar-refractivity contribution >= 4 is 16.6 Å². The molecule has 0 N–H and O–H groups in total. The zero-order chi connectivity index (χ0) is 19.3. The molecular weight excluding hydrogens is 354 g/mol. The van der Waals surface area contributed by atoms with E-state index >= 15 is 0 Å². The van der Waals surface area contributed by atoms with Crippen molar-refractivity contribution in [3.8, 4) is 11.3 Å². The number of nitro groups is 1. The van der Waals surface area contributed by atoms with E-state index in [4.69, 9.17) is 0 Å². The number of aromatic nitrogens is 2. The average Bonchev–Trinajstić information content (AvgIpc) is 3.29. The molecule has 0 spiro atoms. The molecule has 28 heavy (non-hydrogen) atoms. The van der Waals surface area contributed by atoms with E-state index in [1.54, 1.807) is 10.6 Å². The second kappa shape index (κ2) is 6.27. The van der Waals surface area contributed by atoms with E-state index in [0.29, 0.717) is 40.9 Å². The first-order valence-electron chi connectivity index (χ1n) is 9.23. The summed E-state index contributed by atoms with van der Waals surface area (Å²) < 4.78 is 1.66. The minimum absolute atomic E-state index is 0.0130. The van der Waals surface area contributed by atoms with Gasteiger partial charge in [0.15, 0.2) is 0 Å². The van der Waals surface area contributed by atoms with E-state index in [0.717, 1.165) is 5.56 Å². The molecule has 2 aliphatic carbocycles. The molecule has 138 valence electrons. The van der Waals surface area contributed by atoms with E-state index in [2.05, 4.69) is 29.3 Å². The molecular formula is C22H17N3O3. The standard InChI is InChI=1S/C22H17N3O3/c26-22-23-21(16-4-2-1-3-5-16)18-12-17(25(27)28)10-11-20(18)24(22)13-19-14-6-7-15(19)9-8-14/h1-12,14-15,19H,13H2. The summed E-state index contributed by atoms with van der Waals surface area (Å²) in [6.07, 6.45) is 8.72. The van der Waals surface area contributed by atoms with Gasteiger partial charge in [-0.3, -0.25) is 14.7 Å². The molecule has 1 heterocycles. The van der Waals surface area contributed by atoms with Crippen LogP contribution >= 0.6 is 0 Å². The predicted octanol–water partition coefficient (Wildman–Crippen LogP) is 3.96. The molecule has 2 bridgehead atoms. The summed E-state index contributed by atoms with van der Waals surface area (Å²) in [6, 6.07) is 13.9. The van der Waals surface area contributed by atoms with Crippen LogP contribution in [0.2, 0.25) is 0 Å². The third kappa shape index (κ3) is 2.57. The highest BCUT2D eigenvalue weighted by Crippen LogP contribution is 2.40. The summed E-state index contributed by atoms with van der Waals surface area (Å²) in [7, 11) is 0. The number of hydrogen-bond donors (Lipinski definition) is 0. The van der Waals surface area contributed by atoms with Crippen LogP contribution in [-0.4, -0.2) is 14.5 Å². The summed E-state index contributed by atoms with van der Waals surface area (Å²) in [5.41, 5.74) is 1.58. The van der Waals surface area contributed by atoms with Gasteiger partial charge in [0.2, 0.25) is 0 Å². The molecule has 2 aliphatic rings. The topological polar surface area (TPSA) is 78.0 Å². The first-order valence-corrected chi connectivity index (χ1v) is 9.23. The minimum atomic E-state index is -0.422. The van der Waals surface area contributed by atoms with Crippen molar-refractivity contribution < 1.29 is 4.92 Å². The van der Waals surface area contributed by atoms with Crippen molar-refractivity contribution in [2.24, 2.45) is 17.8 Å². The Balaban J connectivity index is 1.70. The molecule has 0 atom stereocenters. The maximum absolute atomic E-state index is 12.9. The molecule has 6 heteroatoms. The molecule has 0 saturated carbocycles. The second-order valence-electron chi connectivity index (χ2n) is 7.27. The van der Waals surface area contributed by atoms with Crippen molar-refractivity contribution in [2.45, 2.75) is 6.54 Å². The predicted molar refractivity (Wildman–Crippen MR) is 107 cm³/mol. The van der Waals surface area contributed by atoms with Crippen LogP contribution in [0.5, 0.6) is 0 Å². The number of nitrogens with zero attached hydrogens (tertiary/aromatic N) is 3. The van der Waals surface area contributed by atoms with Crippen molar-refractivity contribution in [2.75, 3.05) is 0 Å². The lowest BCUT2D eigenvalue weighted by atomic mass is 9.95. The monoisotopic (exact) mass is 371 g/mol. The van der Waals surface area contributed by atoms with Gasteiger partial charge in [-0.25, -0.2) is 4.79 Å². The first-order chi connectivity index (χ1) is 13.6. The Morgan fingerprint density at radius 2 is 1.68 bits per heavy atom. The van der Waals surface area contributed by atoms with E-state index < -0.39 is 4.92 Å². The van der Waals surface area contributed by atoms with Gasteiger partial charge in [-0.2, -0.15) is 4.98 Å². The van der Waals surface area contributed by atoms with Gasteiger partial charge in [0, 0.05) is 41.5 Å². The zero-order valence-corrected chi connectivity index (χ0v) is 14.9. The highest BCUT2D eigenvalue weighted by molar-refractivity contribution is 5.93. The van der Waals surface area contributed by atoms with Crippen LogP contribution in [0.15, 0.2) is 77.6 Å². The Morgan fingerprint density at radius 1 is 1.00 bits per heavy atom. The fourth-order valence-corrected chi connectivity index (χ4v) is 4.30. The second-order valence-corrected chi connectivity index (χ2v) is 7.27. The van der Waals surface area contributed by atoms with Gasteiger partial charge < -0.3 is 0 Å². The molecule has 2 aromatic carbocycles. The van der Waals surface area contributed by atoms with Gasteiger partial charge in [-0.15, -0.1) is 0 Å². The average molecular weight is 371 g/mol. The van der Waals surface area contributed by atoms with E-state index in [1.165, 1.54) is 12.1 Å². The van der Waals surface area contributed by atoms with Gasteiger partial charge >= 0.3 is 5.69 Å². The Kier molecular flexibility index (Phi) is 3.72. The zero-order valence-electron chi connectivity index (χ0n) is 14.9. The summed E-state index contributed by atoms with van der Waals surface area (Å²) in [5.74, 6) is 0.957. The molecule has 0 saturated heterocycles. The highest BCUT2D eigenvalue weighted by atomic mass is 16.6. The van der Waals surface area contributed by atoms with Crippen LogP contribution in [0.3, 0.4) is 0 Å². The van der Waals surface area contributed by atoms with Gasteiger partial charge in [-0.05, 0) is 12.0 Å². The Labute approximate surface area is 160 Å². The van der Waals surface area contributed by atoms with Crippen molar-refractivity contribution in [1.29, 1.82) is 0 Å². The summed E-state index contributed by atoms with van der Waals surface area (Å²) in [5, 5.41) is 11.9. The number of fused-ring (bicyclic) bond motifs is 3. The maximum Gasteiger partial charge on any atom is 0.348 e. The fourth-order valence-electron chi connectivity index (χ4n) is 4.30. The van der Waals surface area contributed by atoms with E-state index in [1.807, 2.05) is 30.3 Å². The summed E-state index contributed by atoms with van der Waals surface area (Å²) in [6.45, 7) is 0.532. The number of hydrogen-bond acceptors (Lipinski definition) is 4. The maximum atomic E-state index is 12.9. The van der Waals surface area contributed by atoms with Crippen LogP contribution in [0.25, 0.3) is 22.2 Å². The Bertz CT molecular complexity index is 1180. The lowest BCUT2D eigenvalue weighted by molar-refractivity contribution is -0.384. The lowest BCUT2D eigenvalue weighted by Gasteiger charge is -2.19. The van der Waals surface area contributed by atoms with Gasteiger partial charge in [0.1, 0.15) is 0 Å². The number of allylic oxidation sites excluding steroid dienone is 4. The molecule has 0 unspecified atom stereocenters. The normalized spacial score (nSPS) is 22.2. The van der Waals surface area contributed by atoms with Crippen LogP contribution in [-0.2, 0) is 6.54 Å². The van der Waals surface area contributed by atoms with Gasteiger partial charge in [0.05, 0.1) is 16.1 Å². The van der Waals surface area contributed by atoms with Crippen molar-refractivity contribution in [3.05, 3.63) is 93.4 Å². The number of non-ortho nitro benzene ring substituents is 1. The highest BCUT2D eigenvalue weighted by Gasteiger charge is 2.34. The fraction of sp³-hybridized carbons (Fsp3) is 0.182. The quantitative estimate of drug-likeness (QED) is 0.395. The van der Waals surface area contributed by atoms with Crippen LogP contribution in [0, 0.1) is 27.9 Å².